The van der Waals surface area contributed by atoms with Crippen LogP contribution in [0.5, 0.6) is 0 Å². The molecule has 18 heavy (non-hydrogen) atoms. The Kier molecular flexibility index (Phi) is 2.42. The topological polar surface area (TPSA) is 69.1 Å². The summed E-state index contributed by atoms with van der Waals surface area (Å²) in [6.45, 7) is 0. The predicted molar refractivity (Wildman–Crippen MR) is 61.4 cm³/mol. The molecule has 0 saturated heterocycles. The van der Waals surface area contributed by atoms with Crippen molar-refractivity contribution in [3.8, 4) is 0 Å². The van der Waals surface area contributed by atoms with E-state index in [0.29, 0.717) is 24.3 Å². The standard InChI is InChI=1S/C11H13F2N5/c12-11(13)3-1-2-7(6-11)9-16-17-10-8(14)15-4-5-18(9)10/h4-5,7H,1-3,6H2,(H2,14,15)/t7-/m1/s1. The Morgan fingerprint density at radius 3 is 3.00 bits per heavy atom. The Morgan fingerprint density at radius 1 is 1.39 bits per heavy atom. The minimum Gasteiger partial charge on any atom is -0.381 e. The number of nitrogen functional groups attached to an aromatic ring is 1. The number of nitrogens with zero attached hydrogens (tertiary/aromatic N) is 4. The molecule has 96 valence electrons. The van der Waals surface area contributed by atoms with Crippen molar-refractivity contribution in [1.29, 1.82) is 0 Å². The highest BCUT2D eigenvalue weighted by molar-refractivity contribution is 5.58. The molecule has 0 aliphatic heterocycles. The molecule has 1 aliphatic carbocycles. The van der Waals surface area contributed by atoms with E-state index >= 15 is 0 Å². The van der Waals surface area contributed by atoms with E-state index in [4.69, 9.17) is 5.73 Å². The van der Waals surface area contributed by atoms with E-state index in [0.717, 1.165) is 0 Å². The second-order valence-electron chi connectivity index (χ2n) is 4.71. The van der Waals surface area contributed by atoms with E-state index in [-0.39, 0.29) is 24.6 Å². The van der Waals surface area contributed by atoms with Crippen LogP contribution in [0.15, 0.2) is 12.4 Å². The highest BCUT2D eigenvalue weighted by Gasteiger charge is 2.38. The van der Waals surface area contributed by atoms with Gasteiger partial charge in [-0.2, -0.15) is 0 Å². The van der Waals surface area contributed by atoms with Crippen LogP contribution in [0.1, 0.15) is 37.4 Å². The molecular weight excluding hydrogens is 240 g/mol. The zero-order valence-corrected chi connectivity index (χ0v) is 9.68. The van der Waals surface area contributed by atoms with E-state index in [1.807, 2.05) is 0 Å². The second-order valence-corrected chi connectivity index (χ2v) is 4.71. The van der Waals surface area contributed by atoms with Crippen molar-refractivity contribution in [2.45, 2.75) is 37.5 Å². The summed E-state index contributed by atoms with van der Waals surface area (Å²) in [5.41, 5.74) is 6.10. The van der Waals surface area contributed by atoms with Crippen LogP contribution in [0.4, 0.5) is 14.6 Å². The van der Waals surface area contributed by atoms with Gasteiger partial charge in [-0.1, -0.05) is 0 Å². The normalized spacial score (nSPS) is 23.3. The lowest BCUT2D eigenvalue weighted by atomic mass is 9.86. The first-order chi connectivity index (χ1) is 8.57. The Bertz CT molecular complexity index is 580. The van der Waals surface area contributed by atoms with Gasteiger partial charge in [-0.05, 0) is 12.8 Å². The van der Waals surface area contributed by atoms with Gasteiger partial charge in [0.15, 0.2) is 5.82 Å². The summed E-state index contributed by atoms with van der Waals surface area (Å²) in [6.07, 6.45) is 4.19. The van der Waals surface area contributed by atoms with Gasteiger partial charge in [-0.3, -0.25) is 4.40 Å². The number of rotatable bonds is 1. The van der Waals surface area contributed by atoms with Crippen molar-refractivity contribution >= 4 is 11.5 Å². The van der Waals surface area contributed by atoms with E-state index in [2.05, 4.69) is 15.2 Å². The third kappa shape index (κ3) is 1.79. The molecule has 2 heterocycles. The lowest BCUT2D eigenvalue weighted by Gasteiger charge is -2.27. The summed E-state index contributed by atoms with van der Waals surface area (Å²) in [5, 5.41) is 7.93. The van der Waals surface area contributed by atoms with Gasteiger partial charge in [0.2, 0.25) is 11.6 Å². The molecule has 0 spiro atoms. The van der Waals surface area contributed by atoms with Crippen molar-refractivity contribution < 1.29 is 8.78 Å². The molecule has 5 nitrogen and oxygen atoms in total. The van der Waals surface area contributed by atoms with Gasteiger partial charge in [0.25, 0.3) is 0 Å². The molecule has 7 heteroatoms. The molecule has 2 aromatic rings. The Balaban J connectivity index is 2.02. The third-order valence-electron chi connectivity index (χ3n) is 3.39. The molecular formula is C11H13F2N5. The number of fused-ring (bicyclic) bond motifs is 1. The lowest BCUT2D eigenvalue weighted by Crippen LogP contribution is -2.26. The number of nitrogens with two attached hydrogens (primary N) is 1. The number of hydrogen-bond donors (Lipinski definition) is 1. The molecule has 1 fully saturated rings. The Labute approximate surface area is 102 Å². The van der Waals surface area contributed by atoms with Crippen molar-refractivity contribution in [3.05, 3.63) is 18.2 Å². The van der Waals surface area contributed by atoms with Crippen LogP contribution in [0.25, 0.3) is 5.65 Å². The molecule has 3 rings (SSSR count). The van der Waals surface area contributed by atoms with E-state index in [1.165, 1.54) is 6.20 Å². The molecule has 2 N–H and O–H groups in total. The maximum atomic E-state index is 13.4. The summed E-state index contributed by atoms with van der Waals surface area (Å²) >= 11 is 0. The van der Waals surface area contributed by atoms with E-state index in [9.17, 15) is 8.78 Å². The fourth-order valence-corrected chi connectivity index (χ4v) is 2.53. The SMILES string of the molecule is Nc1nccn2c([C@@H]3CCCC(F)(F)C3)nnc12. The van der Waals surface area contributed by atoms with Crippen molar-refractivity contribution in [2.24, 2.45) is 0 Å². The minimum absolute atomic E-state index is 0.0378. The van der Waals surface area contributed by atoms with Crippen LogP contribution < -0.4 is 5.73 Å². The first-order valence-electron chi connectivity index (χ1n) is 5.90. The van der Waals surface area contributed by atoms with Crippen LogP contribution in [-0.4, -0.2) is 25.5 Å². The summed E-state index contributed by atoms with van der Waals surface area (Å²) in [4.78, 5) is 3.90. The minimum atomic E-state index is -2.60. The van der Waals surface area contributed by atoms with Crippen LogP contribution in [0.2, 0.25) is 0 Å². The van der Waals surface area contributed by atoms with Gasteiger partial charge < -0.3 is 5.73 Å². The first kappa shape index (κ1) is 11.3. The largest absolute Gasteiger partial charge is 0.381 e. The molecule has 0 amide bonds. The van der Waals surface area contributed by atoms with Gasteiger partial charge in [0.1, 0.15) is 5.82 Å². The lowest BCUT2D eigenvalue weighted by molar-refractivity contribution is -0.0418. The molecule has 1 atom stereocenters. The molecule has 0 unspecified atom stereocenters. The van der Waals surface area contributed by atoms with Crippen molar-refractivity contribution in [2.75, 3.05) is 5.73 Å². The number of halogens is 2. The smallest absolute Gasteiger partial charge is 0.248 e. The Morgan fingerprint density at radius 2 is 2.22 bits per heavy atom. The summed E-state index contributed by atoms with van der Waals surface area (Å²) in [7, 11) is 0. The number of alkyl halides is 2. The van der Waals surface area contributed by atoms with Gasteiger partial charge in [-0.25, -0.2) is 13.8 Å². The highest BCUT2D eigenvalue weighted by atomic mass is 19.3. The fourth-order valence-electron chi connectivity index (χ4n) is 2.53. The van der Waals surface area contributed by atoms with Crippen molar-refractivity contribution in [1.82, 2.24) is 19.6 Å². The van der Waals surface area contributed by atoms with Crippen LogP contribution in [-0.2, 0) is 0 Å². The predicted octanol–water partition coefficient (Wildman–Crippen LogP) is 2.00. The molecule has 0 bridgehead atoms. The molecule has 1 saturated carbocycles. The average Bonchev–Trinajstić information content (AvgIpc) is 2.73. The monoisotopic (exact) mass is 253 g/mol. The molecule has 2 aromatic heterocycles. The quantitative estimate of drug-likeness (QED) is 0.843. The van der Waals surface area contributed by atoms with E-state index < -0.39 is 5.92 Å². The average molecular weight is 253 g/mol. The third-order valence-corrected chi connectivity index (χ3v) is 3.39. The summed E-state index contributed by atoms with van der Waals surface area (Å²) in [6, 6.07) is 0. The number of aromatic nitrogens is 4. The van der Waals surface area contributed by atoms with E-state index in [1.54, 1.807) is 10.6 Å². The van der Waals surface area contributed by atoms with Gasteiger partial charge in [-0.15, -0.1) is 10.2 Å². The zero-order valence-electron chi connectivity index (χ0n) is 9.68. The summed E-state index contributed by atoms with van der Waals surface area (Å²) in [5.74, 6) is -2.06. The van der Waals surface area contributed by atoms with Crippen molar-refractivity contribution in [3.63, 3.8) is 0 Å². The summed E-state index contributed by atoms with van der Waals surface area (Å²) < 4.78 is 28.5. The highest BCUT2D eigenvalue weighted by Crippen LogP contribution is 2.41. The van der Waals surface area contributed by atoms with Gasteiger partial charge in [0.05, 0.1) is 0 Å². The second kappa shape index (κ2) is 3.86. The molecule has 1 aliphatic rings. The van der Waals surface area contributed by atoms with Crippen LogP contribution in [0.3, 0.4) is 0 Å². The molecule has 0 radical (unpaired) electrons. The maximum Gasteiger partial charge on any atom is 0.248 e. The fraction of sp³-hybridized carbons (Fsp3) is 0.545. The zero-order chi connectivity index (χ0) is 12.8. The Hall–Kier alpha value is -1.79. The maximum absolute atomic E-state index is 13.4. The first-order valence-corrected chi connectivity index (χ1v) is 5.90. The number of anilines is 1. The van der Waals surface area contributed by atoms with Gasteiger partial charge >= 0.3 is 0 Å². The molecule has 0 aromatic carbocycles. The van der Waals surface area contributed by atoms with Gasteiger partial charge in [0, 0.05) is 31.2 Å². The van der Waals surface area contributed by atoms with Crippen LogP contribution in [0, 0.1) is 0 Å². The number of hydrogen-bond acceptors (Lipinski definition) is 4. The van der Waals surface area contributed by atoms with Crippen LogP contribution >= 0.6 is 0 Å².